The van der Waals surface area contributed by atoms with Crippen molar-refractivity contribution in [2.24, 2.45) is 0 Å². The van der Waals surface area contributed by atoms with Crippen molar-refractivity contribution in [1.82, 2.24) is 5.32 Å². The third-order valence-electron chi connectivity index (χ3n) is 3.83. The topological polar surface area (TPSA) is 76.7 Å². The SMILES string of the molecule is O=C(N[C@@H]([NH+]1CCCCC1)C(Cl)(Cl)Cl)c1cccc([N+](=O)[O-])c1. The number of halogens is 3. The number of non-ortho nitro benzene ring substituents is 1. The fraction of sp³-hybridized carbons (Fsp3) is 0.500. The minimum atomic E-state index is -1.66. The van der Waals surface area contributed by atoms with Gasteiger partial charge in [-0.2, -0.15) is 0 Å². The number of alkyl halides is 3. The normalized spacial score (nSPS) is 17.5. The van der Waals surface area contributed by atoms with Gasteiger partial charge in [-0.25, -0.2) is 0 Å². The number of hydrogen-bond donors (Lipinski definition) is 2. The number of nitro benzene ring substituents is 1. The summed E-state index contributed by atoms with van der Waals surface area (Å²) in [6.07, 6.45) is 2.41. The second-order valence-corrected chi connectivity index (χ2v) is 7.84. The molecule has 1 heterocycles. The molecule has 126 valence electrons. The van der Waals surface area contributed by atoms with Gasteiger partial charge < -0.3 is 4.90 Å². The number of amides is 1. The molecule has 0 radical (unpaired) electrons. The Morgan fingerprint density at radius 1 is 1.26 bits per heavy atom. The van der Waals surface area contributed by atoms with Gasteiger partial charge in [0.15, 0.2) is 0 Å². The largest absolute Gasteiger partial charge is 0.312 e. The minimum Gasteiger partial charge on any atom is -0.312 e. The second kappa shape index (κ2) is 7.66. The zero-order chi connectivity index (χ0) is 17.0. The monoisotopic (exact) mass is 380 g/mol. The first-order chi connectivity index (χ1) is 10.8. The molecule has 2 rings (SSSR count). The molecule has 1 fully saturated rings. The number of piperidine rings is 1. The third-order valence-corrected chi connectivity index (χ3v) is 4.48. The van der Waals surface area contributed by atoms with Crippen LogP contribution in [0.2, 0.25) is 0 Å². The number of rotatable bonds is 4. The average molecular weight is 382 g/mol. The molecule has 0 unspecified atom stereocenters. The molecule has 1 amide bonds. The quantitative estimate of drug-likeness (QED) is 0.476. The molecule has 1 saturated heterocycles. The highest BCUT2D eigenvalue weighted by atomic mass is 35.6. The first-order valence-corrected chi connectivity index (χ1v) is 8.39. The molecule has 1 aromatic carbocycles. The Balaban J connectivity index is 2.17. The molecule has 0 aromatic heterocycles. The van der Waals surface area contributed by atoms with E-state index in [2.05, 4.69) is 5.32 Å². The lowest BCUT2D eigenvalue weighted by atomic mass is 10.1. The standard InChI is InChI=1S/C14H16Cl3N3O3/c15-14(16,17)13(19-7-2-1-3-8-19)18-12(21)10-5-4-6-11(9-10)20(22)23/h4-6,9,13H,1-3,7-8H2,(H,18,21)/p+1/t13-/m0/s1. The second-order valence-electron chi connectivity index (χ2n) is 5.47. The number of nitro groups is 1. The summed E-state index contributed by atoms with van der Waals surface area (Å²) in [5.41, 5.74) is 0.00302. The van der Waals surface area contributed by atoms with Crippen LogP contribution >= 0.6 is 34.8 Å². The Morgan fingerprint density at radius 3 is 2.48 bits per heavy atom. The van der Waals surface area contributed by atoms with Gasteiger partial charge in [-0.3, -0.25) is 20.2 Å². The molecular formula is C14H17Cl3N3O3+. The number of carbonyl (C=O) groups excluding carboxylic acids is 1. The maximum Gasteiger partial charge on any atom is 0.270 e. The van der Waals surface area contributed by atoms with Gasteiger partial charge in [-0.1, -0.05) is 40.9 Å². The molecule has 1 aliphatic heterocycles. The van der Waals surface area contributed by atoms with Crippen LogP contribution < -0.4 is 10.2 Å². The Labute approximate surface area is 148 Å². The van der Waals surface area contributed by atoms with Crippen LogP contribution in [0.3, 0.4) is 0 Å². The summed E-state index contributed by atoms with van der Waals surface area (Å²) in [5.74, 6) is -0.497. The van der Waals surface area contributed by atoms with Crippen molar-refractivity contribution in [3.63, 3.8) is 0 Å². The van der Waals surface area contributed by atoms with Crippen molar-refractivity contribution < 1.29 is 14.6 Å². The molecule has 0 aliphatic carbocycles. The van der Waals surface area contributed by atoms with Crippen molar-refractivity contribution in [1.29, 1.82) is 0 Å². The first-order valence-electron chi connectivity index (χ1n) is 7.25. The first kappa shape index (κ1) is 18.3. The Morgan fingerprint density at radius 2 is 1.91 bits per heavy atom. The third kappa shape index (κ3) is 4.94. The number of nitrogens with zero attached hydrogens (tertiary/aromatic N) is 1. The molecule has 23 heavy (non-hydrogen) atoms. The van der Waals surface area contributed by atoms with Crippen LogP contribution in [0.15, 0.2) is 24.3 Å². The molecule has 0 spiro atoms. The fourth-order valence-electron chi connectivity index (χ4n) is 2.69. The summed E-state index contributed by atoms with van der Waals surface area (Å²) in [4.78, 5) is 23.6. The van der Waals surface area contributed by atoms with E-state index in [9.17, 15) is 14.9 Å². The Kier molecular flexibility index (Phi) is 6.08. The van der Waals surface area contributed by atoms with Crippen LogP contribution in [0.25, 0.3) is 0 Å². The Hall–Kier alpha value is -1.08. The summed E-state index contributed by atoms with van der Waals surface area (Å²) in [5, 5.41) is 13.5. The zero-order valence-electron chi connectivity index (χ0n) is 12.2. The van der Waals surface area contributed by atoms with Crippen LogP contribution in [-0.4, -0.2) is 33.9 Å². The van der Waals surface area contributed by atoms with Gasteiger partial charge in [-0.05, 0) is 25.3 Å². The number of quaternary nitrogens is 1. The predicted octanol–water partition coefficient (Wildman–Crippen LogP) is 2.09. The van der Waals surface area contributed by atoms with E-state index in [1.54, 1.807) is 0 Å². The van der Waals surface area contributed by atoms with E-state index in [1.165, 1.54) is 24.3 Å². The van der Waals surface area contributed by atoms with E-state index >= 15 is 0 Å². The highest BCUT2D eigenvalue weighted by Crippen LogP contribution is 2.28. The van der Waals surface area contributed by atoms with E-state index in [0.29, 0.717) is 0 Å². The van der Waals surface area contributed by atoms with Crippen molar-refractivity contribution in [3.8, 4) is 0 Å². The van der Waals surface area contributed by atoms with Crippen molar-refractivity contribution >= 4 is 46.4 Å². The van der Waals surface area contributed by atoms with Gasteiger partial charge in [-0.15, -0.1) is 0 Å². The van der Waals surface area contributed by atoms with E-state index in [0.717, 1.165) is 37.3 Å². The molecular weight excluding hydrogens is 365 g/mol. The van der Waals surface area contributed by atoms with Gasteiger partial charge in [0, 0.05) is 17.7 Å². The van der Waals surface area contributed by atoms with Crippen molar-refractivity contribution in [2.75, 3.05) is 13.1 Å². The molecule has 9 heteroatoms. The predicted molar refractivity (Wildman–Crippen MR) is 89.2 cm³/mol. The minimum absolute atomic E-state index is 0.159. The summed E-state index contributed by atoms with van der Waals surface area (Å²) in [6.45, 7) is 1.60. The molecule has 0 bridgehead atoms. The highest BCUT2D eigenvalue weighted by molar-refractivity contribution is 6.68. The lowest BCUT2D eigenvalue weighted by Gasteiger charge is -2.35. The highest BCUT2D eigenvalue weighted by Gasteiger charge is 2.42. The number of hydrogen-bond acceptors (Lipinski definition) is 3. The zero-order valence-corrected chi connectivity index (χ0v) is 14.5. The molecule has 1 aromatic rings. The number of nitrogens with one attached hydrogen (secondary N) is 2. The molecule has 0 saturated carbocycles. The van der Waals surface area contributed by atoms with Crippen LogP contribution in [0.1, 0.15) is 29.6 Å². The van der Waals surface area contributed by atoms with E-state index in [4.69, 9.17) is 34.8 Å². The van der Waals surface area contributed by atoms with E-state index in [1.807, 2.05) is 0 Å². The summed E-state index contributed by atoms with van der Waals surface area (Å²) >= 11 is 18.1. The lowest BCUT2D eigenvalue weighted by Crippen LogP contribution is -3.20. The summed E-state index contributed by atoms with van der Waals surface area (Å²) in [7, 11) is 0. The Bertz CT molecular complexity index is 586. The van der Waals surface area contributed by atoms with Gasteiger partial charge in [0.2, 0.25) is 6.17 Å². The van der Waals surface area contributed by atoms with Crippen LogP contribution in [-0.2, 0) is 0 Å². The van der Waals surface area contributed by atoms with E-state index < -0.39 is 20.8 Å². The number of carbonyl (C=O) groups is 1. The van der Waals surface area contributed by atoms with Gasteiger partial charge in [0.1, 0.15) is 0 Å². The number of benzene rings is 1. The maximum atomic E-state index is 12.4. The van der Waals surface area contributed by atoms with Gasteiger partial charge >= 0.3 is 0 Å². The van der Waals surface area contributed by atoms with Crippen LogP contribution in [0, 0.1) is 10.1 Å². The lowest BCUT2D eigenvalue weighted by molar-refractivity contribution is -0.931. The van der Waals surface area contributed by atoms with Crippen LogP contribution in [0.5, 0.6) is 0 Å². The summed E-state index contributed by atoms with van der Waals surface area (Å²) < 4.78 is -1.66. The van der Waals surface area contributed by atoms with Crippen molar-refractivity contribution in [2.45, 2.75) is 29.2 Å². The molecule has 1 atom stereocenters. The smallest absolute Gasteiger partial charge is 0.270 e. The number of likely N-dealkylation sites (tertiary alicyclic amines) is 1. The average Bonchev–Trinajstić information content (AvgIpc) is 2.52. The molecule has 6 nitrogen and oxygen atoms in total. The van der Waals surface area contributed by atoms with Crippen molar-refractivity contribution in [3.05, 3.63) is 39.9 Å². The molecule has 1 aliphatic rings. The van der Waals surface area contributed by atoms with Gasteiger partial charge in [0.05, 0.1) is 18.0 Å². The summed E-state index contributed by atoms with van der Waals surface area (Å²) in [6, 6.07) is 5.46. The van der Waals surface area contributed by atoms with Gasteiger partial charge in [0.25, 0.3) is 15.4 Å². The maximum absolute atomic E-state index is 12.4. The van der Waals surface area contributed by atoms with E-state index in [-0.39, 0.29) is 11.3 Å². The van der Waals surface area contributed by atoms with Crippen LogP contribution in [0.4, 0.5) is 5.69 Å². The fourth-order valence-corrected chi connectivity index (χ4v) is 3.31. The molecule has 2 N–H and O–H groups in total.